The van der Waals surface area contributed by atoms with Crippen molar-refractivity contribution in [3.8, 4) is 22.7 Å². The van der Waals surface area contributed by atoms with Crippen LogP contribution in [0.4, 0.5) is 0 Å². The number of carbonyl (C=O) groups excluding carboxylic acids is 1. The van der Waals surface area contributed by atoms with E-state index in [9.17, 15) is 10.0 Å². The average Bonchev–Trinajstić information content (AvgIpc) is 3.16. The lowest BCUT2D eigenvalue weighted by atomic mass is 10.1. The van der Waals surface area contributed by atoms with Crippen LogP contribution in [0.1, 0.15) is 12.1 Å². The van der Waals surface area contributed by atoms with Crippen molar-refractivity contribution in [2.75, 3.05) is 14.2 Å². The maximum Gasteiger partial charge on any atom is 0.246 e. The Kier molecular flexibility index (Phi) is 9.32. The summed E-state index contributed by atoms with van der Waals surface area (Å²) in [5, 5.41) is 15.1. The maximum atomic E-state index is 11.7. The minimum atomic E-state index is -0.359. The van der Waals surface area contributed by atoms with Gasteiger partial charge in [0.2, 0.25) is 5.91 Å². The van der Waals surface area contributed by atoms with Crippen molar-refractivity contribution in [3.05, 3.63) is 65.3 Å². The Morgan fingerprint density at radius 2 is 1.84 bits per heavy atom. The largest absolute Gasteiger partial charge is 0.497 e. The Morgan fingerprint density at radius 1 is 1.26 bits per heavy atom. The van der Waals surface area contributed by atoms with Crippen molar-refractivity contribution < 1.29 is 14.7 Å². The molecule has 0 aliphatic rings. The number of thiol groups is 1. The van der Waals surface area contributed by atoms with Gasteiger partial charge in [-0.05, 0) is 42.5 Å². The molecule has 3 aromatic rings. The molecule has 0 atom stereocenters. The SMILES string of the molecule is COc1ccc(-n2nc(CCC(=O)N(C)O)cc2-c2ccc(Cl)cc2)cc1.NC(=S)S. The molecule has 0 saturated heterocycles. The fourth-order valence-electron chi connectivity index (χ4n) is 2.70. The van der Waals surface area contributed by atoms with E-state index >= 15 is 0 Å². The topological polar surface area (TPSA) is 93.6 Å². The van der Waals surface area contributed by atoms with Crippen molar-refractivity contribution >= 4 is 46.7 Å². The highest BCUT2D eigenvalue weighted by Crippen LogP contribution is 2.27. The summed E-state index contributed by atoms with van der Waals surface area (Å²) in [6.45, 7) is 0. The lowest BCUT2D eigenvalue weighted by Gasteiger charge is -2.09. The van der Waals surface area contributed by atoms with Crippen LogP contribution >= 0.6 is 36.4 Å². The van der Waals surface area contributed by atoms with Crippen molar-refractivity contribution in [3.63, 3.8) is 0 Å². The Labute approximate surface area is 196 Å². The van der Waals surface area contributed by atoms with E-state index < -0.39 is 0 Å². The number of aromatic nitrogens is 2. The van der Waals surface area contributed by atoms with E-state index in [4.69, 9.17) is 22.1 Å². The minimum absolute atomic E-state index is 0.173. The second-order valence-corrected chi connectivity index (χ2v) is 8.05. The highest BCUT2D eigenvalue weighted by Gasteiger charge is 2.14. The molecule has 0 spiro atoms. The molecule has 0 radical (unpaired) electrons. The minimum Gasteiger partial charge on any atom is -0.497 e. The Hall–Kier alpha value is -2.59. The van der Waals surface area contributed by atoms with Crippen LogP contribution in [-0.2, 0) is 11.2 Å². The van der Waals surface area contributed by atoms with Crippen LogP contribution in [0.25, 0.3) is 16.9 Å². The molecule has 3 N–H and O–H groups in total. The summed E-state index contributed by atoms with van der Waals surface area (Å²) in [4.78, 5) is 11.7. The number of methoxy groups -OCH3 is 1. The molecule has 0 bridgehead atoms. The summed E-state index contributed by atoms with van der Waals surface area (Å²) < 4.78 is 7.23. The summed E-state index contributed by atoms with van der Waals surface area (Å²) in [6, 6.07) is 17.0. The predicted octanol–water partition coefficient (Wildman–Crippen LogP) is 4.14. The van der Waals surface area contributed by atoms with Gasteiger partial charge in [-0.2, -0.15) is 5.10 Å². The highest BCUT2D eigenvalue weighted by atomic mass is 35.5. The summed E-state index contributed by atoms with van der Waals surface area (Å²) in [7, 11) is 2.94. The first-order valence-corrected chi connectivity index (χ1v) is 10.4. The summed E-state index contributed by atoms with van der Waals surface area (Å²) in [5.74, 6) is 0.401. The standard InChI is InChI=1S/C20H20ClN3O3.CH3NS2/c1-23(26)20(25)12-7-16-13-19(14-3-5-15(21)6-4-14)24(22-16)17-8-10-18(27-2)11-9-17;2-1(3)4/h3-6,8-11,13,26H,7,12H2,1-2H3;(H3,2,3,4). The number of halogens is 1. The number of hydrogen-bond donors (Lipinski definition) is 3. The molecule has 31 heavy (non-hydrogen) atoms. The molecular weight excluding hydrogens is 456 g/mol. The molecule has 0 aliphatic carbocycles. The smallest absolute Gasteiger partial charge is 0.246 e. The zero-order valence-corrected chi connectivity index (χ0v) is 19.5. The Bertz CT molecular complexity index is 1020. The number of rotatable bonds is 6. The van der Waals surface area contributed by atoms with Crippen LogP contribution in [0.2, 0.25) is 5.02 Å². The van der Waals surface area contributed by atoms with Gasteiger partial charge in [0.05, 0.1) is 24.2 Å². The van der Waals surface area contributed by atoms with E-state index in [2.05, 4.69) is 29.9 Å². The van der Waals surface area contributed by atoms with Crippen LogP contribution < -0.4 is 10.5 Å². The van der Waals surface area contributed by atoms with Crippen LogP contribution in [-0.4, -0.2) is 44.4 Å². The van der Waals surface area contributed by atoms with E-state index in [0.29, 0.717) is 16.5 Å². The fourth-order valence-corrected chi connectivity index (χ4v) is 2.82. The van der Waals surface area contributed by atoms with Crippen LogP contribution in [0, 0.1) is 0 Å². The molecule has 2 aromatic carbocycles. The van der Waals surface area contributed by atoms with Gasteiger partial charge in [-0.25, -0.2) is 9.75 Å². The number of amides is 1. The van der Waals surface area contributed by atoms with Crippen molar-refractivity contribution in [2.24, 2.45) is 5.73 Å². The molecule has 0 saturated carbocycles. The third-order valence-corrected chi connectivity index (χ3v) is 4.42. The summed E-state index contributed by atoms with van der Waals surface area (Å²) >= 11 is 13.7. The van der Waals surface area contributed by atoms with Crippen LogP contribution in [0.15, 0.2) is 54.6 Å². The molecule has 1 aromatic heterocycles. The van der Waals surface area contributed by atoms with E-state index in [1.54, 1.807) is 7.11 Å². The van der Waals surface area contributed by atoms with Crippen molar-refractivity contribution in [1.82, 2.24) is 14.8 Å². The first-order chi connectivity index (χ1) is 14.7. The van der Waals surface area contributed by atoms with E-state index in [1.807, 2.05) is 59.3 Å². The summed E-state index contributed by atoms with van der Waals surface area (Å²) in [6.07, 6.45) is 0.597. The van der Waals surface area contributed by atoms with Crippen LogP contribution in [0.3, 0.4) is 0 Å². The average molecular weight is 479 g/mol. The molecule has 1 heterocycles. The number of hydroxylamine groups is 2. The van der Waals surface area contributed by atoms with Gasteiger partial charge in [0.15, 0.2) is 0 Å². The third-order valence-electron chi connectivity index (χ3n) is 4.17. The number of benzene rings is 2. The van der Waals surface area contributed by atoms with Gasteiger partial charge in [-0.3, -0.25) is 10.0 Å². The normalized spacial score (nSPS) is 10.1. The highest BCUT2D eigenvalue weighted by molar-refractivity contribution is 8.10. The van der Waals surface area contributed by atoms with Gasteiger partial charge in [-0.15, -0.1) is 12.6 Å². The molecule has 1 amide bonds. The van der Waals surface area contributed by atoms with Crippen molar-refractivity contribution in [2.45, 2.75) is 12.8 Å². The second kappa shape index (κ2) is 11.7. The number of thiocarbonyl (C=S) groups is 1. The third kappa shape index (κ3) is 7.55. The molecule has 10 heteroatoms. The zero-order valence-electron chi connectivity index (χ0n) is 17.0. The van der Waals surface area contributed by atoms with E-state index in [1.165, 1.54) is 7.05 Å². The van der Waals surface area contributed by atoms with Crippen LogP contribution in [0.5, 0.6) is 5.75 Å². The number of carbonyl (C=O) groups is 1. The van der Waals surface area contributed by atoms with Gasteiger partial charge in [0.25, 0.3) is 0 Å². The summed E-state index contributed by atoms with van der Waals surface area (Å²) in [5.41, 5.74) is 8.18. The Morgan fingerprint density at radius 3 is 2.35 bits per heavy atom. The van der Waals surface area contributed by atoms with Crippen molar-refractivity contribution in [1.29, 1.82) is 0 Å². The lowest BCUT2D eigenvalue weighted by Crippen LogP contribution is -2.22. The zero-order chi connectivity index (χ0) is 23.0. The second-order valence-electron chi connectivity index (χ2n) is 6.39. The van der Waals surface area contributed by atoms with Gasteiger partial charge in [-0.1, -0.05) is 36.0 Å². The Balaban J connectivity index is 0.000000785. The molecule has 7 nitrogen and oxygen atoms in total. The molecular formula is C21H23ClN4O3S2. The maximum absolute atomic E-state index is 11.7. The first kappa shape index (κ1) is 24.7. The van der Waals surface area contributed by atoms with Gasteiger partial charge >= 0.3 is 0 Å². The number of nitrogens with two attached hydrogens (primary N) is 1. The number of aryl methyl sites for hydroxylation is 1. The molecule has 3 rings (SSSR count). The van der Waals surface area contributed by atoms with Gasteiger partial charge in [0.1, 0.15) is 10.1 Å². The molecule has 0 aliphatic heterocycles. The first-order valence-electron chi connectivity index (χ1n) is 9.14. The fraction of sp³-hybridized carbons (Fsp3) is 0.190. The number of nitrogens with zero attached hydrogens (tertiary/aromatic N) is 3. The van der Waals surface area contributed by atoms with E-state index in [-0.39, 0.29) is 16.6 Å². The van der Waals surface area contributed by atoms with Gasteiger partial charge < -0.3 is 10.5 Å². The quantitative estimate of drug-likeness (QED) is 0.213. The predicted molar refractivity (Wildman–Crippen MR) is 129 cm³/mol. The lowest BCUT2D eigenvalue weighted by molar-refractivity contribution is -0.159. The van der Waals surface area contributed by atoms with E-state index in [0.717, 1.165) is 28.4 Å². The monoisotopic (exact) mass is 478 g/mol. The van der Waals surface area contributed by atoms with Gasteiger partial charge in [0, 0.05) is 30.5 Å². The number of hydrogen-bond acceptors (Lipinski definition) is 5. The number of ether oxygens (including phenoxy) is 1. The molecule has 0 unspecified atom stereocenters. The molecule has 164 valence electrons. The molecule has 0 fully saturated rings.